The highest BCUT2D eigenvalue weighted by molar-refractivity contribution is 6.04. The highest BCUT2D eigenvalue weighted by Gasteiger charge is 2.30. The first-order valence-electron chi connectivity index (χ1n) is 3.72. The maximum Gasteiger partial charge on any atom is 0.337 e. The summed E-state index contributed by atoms with van der Waals surface area (Å²) in [6.45, 7) is -0.503. The first-order valence-corrected chi connectivity index (χ1v) is 3.72. The first-order chi connectivity index (χ1) is 6.65. The third kappa shape index (κ3) is 2.20. The van der Waals surface area contributed by atoms with E-state index in [0.717, 1.165) is 4.90 Å². The molecule has 1 aliphatic heterocycles. The van der Waals surface area contributed by atoms with E-state index in [9.17, 15) is 14.4 Å². The molecule has 8 heteroatoms. The number of carbonyl (C=O) groups excluding carboxylic acids is 3. The Morgan fingerprint density at radius 2 is 2.07 bits per heavy atom. The normalized spacial score (nSPS) is 15.3. The molecule has 0 bridgehead atoms. The van der Waals surface area contributed by atoms with Gasteiger partial charge in [-0.15, -0.1) is 0 Å². The molecule has 1 saturated heterocycles. The number of rotatable bonds is 3. The van der Waals surface area contributed by atoms with Gasteiger partial charge in [-0.25, -0.2) is 4.79 Å². The number of nitrogens with zero attached hydrogens (tertiary/aromatic N) is 4. The maximum absolute atomic E-state index is 11.0. The van der Waals surface area contributed by atoms with Crippen LogP contribution in [-0.2, 0) is 19.2 Å². The molecular weight excluding hydrogens is 192 g/mol. The maximum atomic E-state index is 11.0. The lowest BCUT2D eigenvalue weighted by Crippen LogP contribution is -2.34. The van der Waals surface area contributed by atoms with Crippen LogP contribution in [0, 0.1) is 0 Å². The van der Waals surface area contributed by atoms with Crippen molar-refractivity contribution < 1.29 is 19.2 Å². The number of carbonyl (C=O) groups is 3. The molecule has 1 heterocycles. The summed E-state index contributed by atoms with van der Waals surface area (Å²) in [6, 6.07) is 0. The van der Waals surface area contributed by atoms with E-state index in [-0.39, 0.29) is 12.8 Å². The van der Waals surface area contributed by atoms with Crippen molar-refractivity contribution in [1.29, 1.82) is 0 Å². The summed E-state index contributed by atoms with van der Waals surface area (Å²) in [6.07, 6.45) is 0.210. The summed E-state index contributed by atoms with van der Waals surface area (Å²) in [4.78, 5) is 39.7. The van der Waals surface area contributed by atoms with E-state index in [1.54, 1.807) is 0 Å². The summed E-state index contributed by atoms with van der Waals surface area (Å²) in [7, 11) is 0. The van der Waals surface area contributed by atoms with Crippen LogP contribution in [0.4, 0.5) is 0 Å². The van der Waals surface area contributed by atoms with Gasteiger partial charge in [0.05, 0.1) is 0 Å². The van der Waals surface area contributed by atoms with Crippen molar-refractivity contribution in [3.8, 4) is 0 Å². The molecule has 0 aromatic heterocycles. The van der Waals surface area contributed by atoms with Crippen LogP contribution in [0.5, 0.6) is 0 Å². The average Bonchev–Trinajstić information content (AvgIpc) is 2.46. The Balaban J connectivity index is 2.50. The third-order valence-corrected chi connectivity index (χ3v) is 1.62. The molecular formula is C6H6N4O4. The highest BCUT2D eigenvalue weighted by atomic mass is 16.7. The van der Waals surface area contributed by atoms with Gasteiger partial charge in [0.15, 0.2) is 0 Å². The minimum absolute atomic E-state index is 0.105. The van der Waals surface area contributed by atoms with Crippen LogP contribution in [-0.4, -0.2) is 29.2 Å². The fraction of sp³-hybridized carbons (Fsp3) is 0.500. The molecule has 0 aromatic carbocycles. The number of amides is 2. The summed E-state index contributed by atoms with van der Waals surface area (Å²) in [5.74, 6) is -1.79. The van der Waals surface area contributed by atoms with Gasteiger partial charge in [0.2, 0.25) is 11.8 Å². The second kappa shape index (κ2) is 4.24. The molecule has 0 aliphatic carbocycles. The lowest BCUT2D eigenvalue weighted by atomic mass is 10.4. The van der Waals surface area contributed by atoms with Gasteiger partial charge < -0.3 is 4.84 Å². The molecule has 14 heavy (non-hydrogen) atoms. The van der Waals surface area contributed by atoms with E-state index in [1.165, 1.54) is 0 Å². The van der Waals surface area contributed by atoms with Crippen LogP contribution in [0.2, 0.25) is 0 Å². The minimum atomic E-state index is -0.939. The molecule has 1 rings (SSSR count). The molecule has 1 aliphatic rings. The standard InChI is InChI=1S/C6H6N4O4/c7-8-9-14-6(13)3-10-4(11)1-2-5(10)12/h1-3H2. The quantitative estimate of drug-likeness (QED) is 0.207. The molecule has 8 nitrogen and oxygen atoms in total. The van der Waals surface area contributed by atoms with Crippen molar-refractivity contribution in [2.75, 3.05) is 6.54 Å². The zero-order valence-corrected chi connectivity index (χ0v) is 7.04. The summed E-state index contributed by atoms with van der Waals surface area (Å²) in [5.41, 5.74) is 7.81. The van der Waals surface area contributed by atoms with Crippen molar-refractivity contribution in [3.63, 3.8) is 0 Å². The Labute approximate surface area is 78.0 Å². The molecule has 2 amide bonds. The second-order valence-corrected chi connectivity index (χ2v) is 2.51. The van der Waals surface area contributed by atoms with Gasteiger partial charge in [0.1, 0.15) is 11.8 Å². The Bertz CT molecular complexity index is 317. The minimum Gasteiger partial charge on any atom is -0.357 e. The number of imide groups is 1. The molecule has 0 N–H and O–H groups in total. The van der Waals surface area contributed by atoms with Crippen molar-refractivity contribution in [2.24, 2.45) is 5.28 Å². The van der Waals surface area contributed by atoms with E-state index >= 15 is 0 Å². The zero-order valence-electron chi connectivity index (χ0n) is 7.04. The van der Waals surface area contributed by atoms with Crippen LogP contribution in [0.1, 0.15) is 12.8 Å². The molecule has 0 saturated carbocycles. The number of hydrogen-bond donors (Lipinski definition) is 0. The summed E-state index contributed by atoms with van der Waals surface area (Å²) < 4.78 is 0. The van der Waals surface area contributed by atoms with Gasteiger partial charge in [0, 0.05) is 17.8 Å². The molecule has 0 radical (unpaired) electrons. The van der Waals surface area contributed by atoms with Gasteiger partial charge in [-0.3, -0.25) is 14.5 Å². The Hall–Kier alpha value is -2.08. The van der Waals surface area contributed by atoms with Gasteiger partial charge in [0.25, 0.3) is 0 Å². The molecule has 0 aromatic rings. The fourth-order valence-electron chi connectivity index (χ4n) is 1.02. The predicted molar refractivity (Wildman–Crippen MR) is 41.2 cm³/mol. The van der Waals surface area contributed by atoms with E-state index in [2.05, 4.69) is 15.0 Å². The van der Waals surface area contributed by atoms with Gasteiger partial charge in [-0.2, -0.15) is 0 Å². The van der Waals surface area contributed by atoms with E-state index in [0.29, 0.717) is 0 Å². The molecule has 74 valence electrons. The van der Waals surface area contributed by atoms with Crippen LogP contribution in [0.25, 0.3) is 10.4 Å². The smallest absolute Gasteiger partial charge is 0.337 e. The molecule has 1 fully saturated rings. The van der Waals surface area contributed by atoms with Gasteiger partial charge in [-0.05, 0) is 5.53 Å². The number of hydrogen-bond acceptors (Lipinski definition) is 5. The zero-order chi connectivity index (χ0) is 10.6. The van der Waals surface area contributed by atoms with Crippen LogP contribution in [0.15, 0.2) is 5.28 Å². The highest BCUT2D eigenvalue weighted by Crippen LogP contribution is 2.10. The van der Waals surface area contributed by atoms with Crippen molar-refractivity contribution in [1.82, 2.24) is 4.90 Å². The lowest BCUT2D eigenvalue weighted by molar-refractivity contribution is -0.152. The summed E-state index contributed by atoms with van der Waals surface area (Å²) >= 11 is 0. The largest absolute Gasteiger partial charge is 0.357 e. The molecule has 0 atom stereocenters. The lowest BCUT2D eigenvalue weighted by Gasteiger charge is -2.10. The first kappa shape index (κ1) is 10.0. The fourth-order valence-corrected chi connectivity index (χ4v) is 1.02. The van der Waals surface area contributed by atoms with Crippen LogP contribution >= 0.6 is 0 Å². The molecule has 0 spiro atoms. The van der Waals surface area contributed by atoms with Crippen molar-refractivity contribution >= 4 is 17.8 Å². The van der Waals surface area contributed by atoms with Crippen molar-refractivity contribution in [2.45, 2.75) is 12.8 Å². The number of azide groups is 1. The van der Waals surface area contributed by atoms with E-state index in [1.807, 2.05) is 0 Å². The van der Waals surface area contributed by atoms with Gasteiger partial charge >= 0.3 is 5.97 Å². The SMILES string of the molecule is [N-]=[N+]=NOC(=O)CN1C(=O)CCC1=O. The predicted octanol–water partition coefficient (Wildman–Crippen LogP) is -0.0961. The van der Waals surface area contributed by atoms with Crippen LogP contribution < -0.4 is 0 Å². The topological polar surface area (TPSA) is 112 Å². The Kier molecular flexibility index (Phi) is 3.03. The van der Waals surface area contributed by atoms with Crippen LogP contribution in [0.3, 0.4) is 0 Å². The van der Waals surface area contributed by atoms with Crippen molar-refractivity contribution in [3.05, 3.63) is 10.4 Å². The monoisotopic (exact) mass is 198 g/mol. The third-order valence-electron chi connectivity index (χ3n) is 1.62. The number of likely N-dealkylation sites (tertiary alicyclic amines) is 1. The van der Waals surface area contributed by atoms with E-state index < -0.39 is 24.3 Å². The second-order valence-electron chi connectivity index (χ2n) is 2.51. The molecule has 0 unspecified atom stereocenters. The average molecular weight is 198 g/mol. The Morgan fingerprint density at radius 1 is 1.50 bits per heavy atom. The van der Waals surface area contributed by atoms with E-state index in [4.69, 9.17) is 5.53 Å². The Morgan fingerprint density at radius 3 is 2.57 bits per heavy atom. The summed E-state index contributed by atoms with van der Waals surface area (Å²) in [5, 5.41) is 2.55. The van der Waals surface area contributed by atoms with Gasteiger partial charge in [-0.1, -0.05) is 0 Å².